The number of hydrogen-bond donors (Lipinski definition) is 2. The summed E-state index contributed by atoms with van der Waals surface area (Å²) in [4.78, 5) is 27.5. The van der Waals surface area contributed by atoms with Gasteiger partial charge in [-0.05, 0) is 47.9 Å². The molecule has 1 atom stereocenters. The van der Waals surface area contributed by atoms with Crippen molar-refractivity contribution in [2.45, 2.75) is 32.9 Å². The van der Waals surface area contributed by atoms with Crippen LogP contribution in [-0.2, 0) is 16.1 Å². The fourth-order valence-electron chi connectivity index (χ4n) is 4.14. The standard InChI is InChI=1S/C28H33N3O5/c1-20(2)28(21-11-12-24-25(16-21)36-15-7-14-35-24)29-17-27(33)31(18-23-10-6-13-34-23)19-26(32)30-22-8-4-3-5-9-22/h3-6,8-13,16,20,28-29H,7,14-15,17-19H2,1-2H3,(H,30,32)/t28-/m0/s1. The number of benzene rings is 2. The monoisotopic (exact) mass is 491 g/mol. The minimum atomic E-state index is -0.274. The average Bonchev–Trinajstić information content (AvgIpc) is 3.26. The predicted molar refractivity (Wildman–Crippen MR) is 137 cm³/mol. The summed E-state index contributed by atoms with van der Waals surface area (Å²) in [6, 6.07) is 18.6. The molecule has 1 aliphatic heterocycles. The van der Waals surface area contributed by atoms with Gasteiger partial charge in [-0.15, -0.1) is 0 Å². The van der Waals surface area contributed by atoms with Gasteiger partial charge in [0.15, 0.2) is 11.5 Å². The number of fused-ring (bicyclic) bond motifs is 1. The van der Waals surface area contributed by atoms with Crippen molar-refractivity contribution in [3.63, 3.8) is 0 Å². The Morgan fingerprint density at radius 3 is 2.47 bits per heavy atom. The van der Waals surface area contributed by atoms with Gasteiger partial charge in [-0.1, -0.05) is 38.1 Å². The molecule has 0 spiro atoms. The van der Waals surface area contributed by atoms with E-state index in [4.69, 9.17) is 13.9 Å². The highest BCUT2D eigenvalue weighted by atomic mass is 16.5. The first-order chi connectivity index (χ1) is 17.5. The van der Waals surface area contributed by atoms with Gasteiger partial charge in [-0.3, -0.25) is 9.59 Å². The maximum Gasteiger partial charge on any atom is 0.244 e. The first kappa shape index (κ1) is 25.3. The summed E-state index contributed by atoms with van der Waals surface area (Å²) in [6.45, 7) is 5.62. The number of nitrogens with one attached hydrogen (secondary N) is 2. The maximum absolute atomic E-state index is 13.3. The molecule has 0 radical (unpaired) electrons. The van der Waals surface area contributed by atoms with Crippen molar-refractivity contribution in [1.82, 2.24) is 10.2 Å². The van der Waals surface area contributed by atoms with Gasteiger partial charge in [0.1, 0.15) is 12.3 Å². The Balaban J connectivity index is 1.43. The third-order valence-corrected chi connectivity index (χ3v) is 5.94. The van der Waals surface area contributed by atoms with Crippen LogP contribution in [0.25, 0.3) is 0 Å². The molecule has 8 heteroatoms. The molecule has 0 fully saturated rings. The molecule has 190 valence electrons. The van der Waals surface area contributed by atoms with E-state index < -0.39 is 0 Å². The summed E-state index contributed by atoms with van der Waals surface area (Å²) < 4.78 is 17.0. The second kappa shape index (κ2) is 12.3. The van der Waals surface area contributed by atoms with E-state index in [1.165, 1.54) is 4.90 Å². The van der Waals surface area contributed by atoms with Crippen molar-refractivity contribution in [1.29, 1.82) is 0 Å². The smallest absolute Gasteiger partial charge is 0.244 e. The zero-order chi connectivity index (χ0) is 25.3. The van der Waals surface area contributed by atoms with Gasteiger partial charge >= 0.3 is 0 Å². The number of carbonyl (C=O) groups excluding carboxylic acids is 2. The number of furan rings is 1. The van der Waals surface area contributed by atoms with Crippen LogP contribution in [0, 0.1) is 5.92 Å². The number of para-hydroxylation sites is 1. The van der Waals surface area contributed by atoms with Gasteiger partial charge in [0.2, 0.25) is 11.8 Å². The number of amides is 2. The van der Waals surface area contributed by atoms with Crippen molar-refractivity contribution in [2.24, 2.45) is 5.92 Å². The largest absolute Gasteiger partial charge is 0.490 e. The van der Waals surface area contributed by atoms with Gasteiger partial charge in [0.25, 0.3) is 0 Å². The SMILES string of the molecule is CC(C)[C@H](NCC(=O)N(CC(=O)Nc1ccccc1)Cc1ccco1)c1ccc2c(c1)OCCCO2. The second-order valence-electron chi connectivity index (χ2n) is 9.10. The molecular formula is C28H33N3O5. The number of anilines is 1. The Bertz CT molecular complexity index is 1130. The highest BCUT2D eigenvalue weighted by Crippen LogP contribution is 2.34. The lowest BCUT2D eigenvalue weighted by atomic mass is 9.95. The first-order valence-electron chi connectivity index (χ1n) is 12.3. The summed E-state index contributed by atoms with van der Waals surface area (Å²) in [7, 11) is 0. The van der Waals surface area contributed by atoms with E-state index in [0.717, 1.165) is 23.5 Å². The van der Waals surface area contributed by atoms with Crippen molar-refractivity contribution >= 4 is 17.5 Å². The van der Waals surface area contributed by atoms with Crippen LogP contribution < -0.4 is 20.1 Å². The number of ether oxygens (including phenoxy) is 2. The molecule has 0 saturated heterocycles. The van der Waals surface area contributed by atoms with Crippen LogP contribution in [0.4, 0.5) is 5.69 Å². The molecule has 4 rings (SSSR count). The van der Waals surface area contributed by atoms with Gasteiger partial charge in [0.05, 0.1) is 32.6 Å². The van der Waals surface area contributed by atoms with Crippen LogP contribution in [0.5, 0.6) is 11.5 Å². The number of carbonyl (C=O) groups is 2. The Hall–Kier alpha value is -3.78. The second-order valence-corrected chi connectivity index (χ2v) is 9.10. The Labute approximate surface area is 211 Å². The normalized spacial score (nSPS) is 13.6. The quantitative estimate of drug-likeness (QED) is 0.437. The number of nitrogens with zero attached hydrogens (tertiary/aromatic N) is 1. The molecule has 8 nitrogen and oxygen atoms in total. The van der Waals surface area contributed by atoms with E-state index in [0.29, 0.717) is 24.7 Å². The molecule has 2 N–H and O–H groups in total. The van der Waals surface area contributed by atoms with E-state index in [-0.39, 0.29) is 43.4 Å². The molecule has 1 aromatic heterocycles. The van der Waals surface area contributed by atoms with Crippen molar-refractivity contribution < 1.29 is 23.5 Å². The first-order valence-corrected chi connectivity index (χ1v) is 12.3. The van der Waals surface area contributed by atoms with Crippen LogP contribution >= 0.6 is 0 Å². The Kier molecular flexibility index (Phi) is 8.62. The van der Waals surface area contributed by atoms with E-state index in [9.17, 15) is 9.59 Å². The maximum atomic E-state index is 13.3. The minimum Gasteiger partial charge on any atom is -0.490 e. The fraction of sp³-hybridized carbons (Fsp3) is 0.357. The molecule has 2 heterocycles. The Morgan fingerprint density at radius 1 is 0.972 bits per heavy atom. The topological polar surface area (TPSA) is 93.0 Å². The van der Waals surface area contributed by atoms with Crippen LogP contribution in [0.2, 0.25) is 0 Å². The lowest BCUT2D eigenvalue weighted by Gasteiger charge is -2.26. The lowest BCUT2D eigenvalue weighted by Crippen LogP contribution is -2.43. The molecule has 3 aromatic rings. The van der Waals surface area contributed by atoms with E-state index in [1.54, 1.807) is 30.5 Å². The molecule has 0 aliphatic carbocycles. The van der Waals surface area contributed by atoms with Gasteiger partial charge in [-0.25, -0.2) is 0 Å². The summed E-state index contributed by atoms with van der Waals surface area (Å²) in [6.07, 6.45) is 2.40. The highest BCUT2D eigenvalue weighted by Gasteiger charge is 2.23. The van der Waals surface area contributed by atoms with Crippen molar-refractivity contribution in [2.75, 3.05) is 31.6 Å². The van der Waals surface area contributed by atoms with E-state index in [2.05, 4.69) is 24.5 Å². The zero-order valence-electron chi connectivity index (χ0n) is 20.7. The van der Waals surface area contributed by atoms with Crippen LogP contribution in [0.15, 0.2) is 71.3 Å². The zero-order valence-corrected chi connectivity index (χ0v) is 20.7. The van der Waals surface area contributed by atoms with Crippen LogP contribution in [0.1, 0.15) is 37.6 Å². The molecule has 2 aromatic carbocycles. The third-order valence-electron chi connectivity index (χ3n) is 5.94. The summed E-state index contributed by atoms with van der Waals surface area (Å²) >= 11 is 0. The molecule has 2 amide bonds. The number of rotatable bonds is 10. The summed E-state index contributed by atoms with van der Waals surface area (Å²) in [5.74, 6) is 1.81. The fourth-order valence-corrected chi connectivity index (χ4v) is 4.14. The van der Waals surface area contributed by atoms with Gasteiger partial charge < -0.3 is 29.4 Å². The van der Waals surface area contributed by atoms with Crippen molar-refractivity contribution in [3.05, 3.63) is 78.3 Å². The minimum absolute atomic E-state index is 0.0661. The molecule has 1 aliphatic rings. The van der Waals surface area contributed by atoms with Crippen LogP contribution in [0.3, 0.4) is 0 Å². The number of hydrogen-bond acceptors (Lipinski definition) is 6. The summed E-state index contributed by atoms with van der Waals surface area (Å²) in [5, 5.41) is 6.23. The predicted octanol–water partition coefficient (Wildman–Crippen LogP) is 4.40. The summed E-state index contributed by atoms with van der Waals surface area (Å²) in [5.41, 5.74) is 1.70. The van der Waals surface area contributed by atoms with E-state index >= 15 is 0 Å². The average molecular weight is 492 g/mol. The van der Waals surface area contributed by atoms with E-state index in [1.807, 2.05) is 36.4 Å². The molecule has 0 saturated carbocycles. The van der Waals surface area contributed by atoms with Gasteiger partial charge in [0, 0.05) is 18.2 Å². The highest BCUT2D eigenvalue weighted by molar-refractivity contribution is 5.94. The molecule has 0 bridgehead atoms. The molecular weight excluding hydrogens is 458 g/mol. The van der Waals surface area contributed by atoms with Crippen LogP contribution in [-0.4, -0.2) is 43.0 Å². The van der Waals surface area contributed by atoms with Gasteiger partial charge in [-0.2, -0.15) is 0 Å². The third kappa shape index (κ3) is 6.88. The lowest BCUT2D eigenvalue weighted by molar-refractivity contribution is -0.134. The molecule has 0 unspecified atom stereocenters. The van der Waals surface area contributed by atoms with Crippen molar-refractivity contribution in [3.8, 4) is 11.5 Å². The Morgan fingerprint density at radius 2 is 1.75 bits per heavy atom. The molecule has 36 heavy (non-hydrogen) atoms.